The number of aromatic nitrogens is 2. The molecule has 134 valence electrons. The molecule has 1 aromatic heterocycles. The molecule has 0 saturated carbocycles. The van der Waals surface area contributed by atoms with E-state index >= 15 is 0 Å². The smallest absolute Gasteiger partial charge is 0.435 e. The van der Waals surface area contributed by atoms with Gasteiger partial charge in [-0.15, -0.1) is 0 Å². The van der Waals surface area contributed by atoms with Crippen molar-refractivity contribution in [2.24, 2.45) is 0 Å². The Kier molecular flexibility index (Phi) is 4.62. The molecule has 0 amide bonds. The minimum absolute atomic E-state index is 0.00686. The molecule has 0 N–H and O–H groups in total. The van der Waals surface area contributed by atoms with Crippen molar-refractivity contribution < 1.29 is 36.6 Å². The van der Waals surface area contributed by atoms with Gasteiger partial charge in [0, 0.05) is 17.3 Å². The number of rotatable bonds is 4. The van der Waals surface area contributed by atoms with Crippen LogP contribution < -0.4 is 4.74 Å². The third-order valence-corrected chi connectivity index (χ3v) is 3.36. The summed E-state index contributed by atoms with van der Waals surface area (Å²) >= 11 is 0. The highest BCUT2D eigenvalue weighted by Crippen LogP contribution is 2.30. The predicted molar refractivity (Wildman–Crippen MR) is 73.7 cm³/mol. The Morgan fingerprint density at radius 3 is 2.88 bits per heavy atom. The Morgan fingerprint density at radius 2 is 2.16 bits per heavy atom. The molecule has 3 rings (SSSR count). The van der Waals surface area contributed by atoms with E-state index in [0.717, 1.165) is 23.0 Å². The SMILES string of the molecule is O=C(Cn1ccc(C(F)(F)F)n1)OCc1cc(F)cc2c1OCOC2. The molecule has 10 heteroatoms. The topological polar surface area (TPSA) is 62.6 Å². The van der Waals surface area contributed by atoms with Crippen LogP contribution in [0.15, 0.2) is 24.4 Å². The van der Waals surface area contributed by atoms with Crippen LogP contribution in [0.3, 0.4) is 0 Å². The molecule has 1 aliphatic heterocycles. The molecule has 0 spiro atoms. The second-order valence-electron chi connectivity index (χ2n) is 5.22. The standard InChI is InChI=1S/C15H12F4N2O4/c16-11-3-9-6-23-8-25-14(9)10(4-11)7-24-13(22)5-21-2-1-12(20-21)15(17,18)19/h1-4H,5-8H2. The molecule has 2 heterocycles. The second kappa shape index (κ2) is 6.71. The van der Waals surface area contributed by atoms with Crippen LogP contribution in [0, 0.1) is 5.82 Å². The molecule has 2 aromatic rings. The quantitative estimate of drug-likeness (QED) is 0.620. The van der Waals surface area contributed by atoms with Gasteiger partial charge in [-0.1, -0.05) is 0 Å². The number of ether oxygens (including phenoxy) is 3. The van der Waals surface area contributed by atoms with Gasteiger partial charge in [-0.3, -0.25) is 9.48 Å². The van der Waals surface area contributed by atoms with Crippen molar-refractivity contribution in [1.29, 1.82) is 0 Å². The van der Waals surface area contributed by atoms with Crippen molar-refractivity contribution in [2.45, 2.75) is 25.9 Å². The summed E-state index contributed by atoms with van der Waals surface area (Å²) in [6, 6.07) is 3.17. The lowest BCUT2D eigenvalue weighted by Crippen LogP contribution is -2.17. The molecule has 6 nitrogen and oxygen atoms in total. The van der Waals surface area contributed by atoms with E-state index in [-0.39, 0.29) is 20.0 Å². The molecule has 0 unspecified atom stereocenters. The van der Waals surface area contributed by atoms with Gasteiger partial charge in [-0.25, -0.2) is 4.39 Å². The number of alkyl halides is 3. The minimum atomic E-state index is -4.59. The summed E-state index contributed by atoms with van der Waals surface area (Å²) in [7, 11) is 0. The highest BCUT2D eigenvalue weighted by molar-refractivity contribution is 5.69. The van der Waals surface area contributed by atoms with Gasteiger partial charge in [0.1, 0.15) is 24.7 Å². The van der Waals surface area contributed by atoms with Gasteiger partial charge in [0.15, 0.2) is 12.5 Å². The van der Waals surface area contributed by atoms with E-state index in [1.807, 2.05) is 0 Å². The average molecular weight is 360 g/mol. The Bertz CT molecular complexity index is 788. The van der Waals surface area contributed by atoms with E-state index in [1.54, 1.807) is 0 Å². The van der Waals surface area contributed by atoms with Gasteiger partial charge in [-0.05, 0) is 18.2 Å². The summed E-state index contributed by atoms with van der Waals surface area (Å²) in [6.07, 6.45) is -3.57. The minimum Gasteiger partial charge on any atom is -0.467 e. The van der Waals surface area contributed by atoms with Crippen LogP contribution in [0.1, 0.15) is 16.8 Å². The maximum Gasteiger partial charge on any atom is 0.435 e. The molecule has 25 heavy (non-hydrogen) atoms. The van der Waals surface area contributed by atoms with Crippen molar-refractivity contribution in [2.75, 3.05) is 6.79 Å². The molecule has 0 radical (unpaired) electrons. The van der Waals surface area contributed by atoms with E-state index in [1.165, 1.54) is 6.07 Å². The predicted octanol–water partition coefficient (Wildman–Crippen LogP) is 2.65. The van der Waals surface area contributed by atoms with E-state index in [2.05, 4.69) is 5.10 Å². The van der Waals surface area contributed by atoms with E-state index in [0.29, 0.717) is 16.9 Å². The summed E-state index contributed by atoms with van der Waals surface area (Å²) in [5.41, 5.74) is -0.310. The van der Waals surface area contributed by atoms with Crippen molar-refractivity contribution >= 4 is 5.97 Å². The highest BCUT2D eigenvalue weighted by Gasteiger charge is 2.33. The Morgan fingerprint density at radius 1 is 1.36 bits per heavy atom. The van der Waals surface area contributed by atoms with Crippen molar-refractivity contribution in [3.63, 3.8) is 0 Å². The average Bonchev–Trinajstić information content (AvgIpc) is 3.01. The number of carbonyl (C=O) groups is 1. The van der Waals surface area contributed by atoms with Crippen LogP contribution >= 0.6 is 0 Å². The highest BCUT2D eigenvalue weighted by atomic mass is 19.4. The molecule has 1 aliphatic rings. The van der Waals surface area contributed by atoms with Gasteiger partial charge in [0.25, 0.3) is 0 Å². The second-order valence-corrected chi connectivity index (χ2v) is 5.22. The molecule has 0 aliphatic carbocycles. The monoisotopic (exact) mass is 360 g/mol. The normalized spacial score (nSPS) is 13.9. The van der Waals surface area contributed by atoms with Crippen molar-refractivity contribution in [3.05, 3.63) is 47.0 Å². The molecule has 0 atom stereocenters. The summed E-state index contributed by atoms with van der Waals surface area (Å²) in [5.74, 6) is -0.985. The number of benzene rings is 1. The number of nitrogens with zero attached hydrogens (tertiary/aromatic N) is 2. The zero-order valence-corrected chi connectivity index (χ0v) is 12.7. The molecule has 0 fully saturated rings. The van der Waals surface area contributed by atoms with Crippen LogP contribution in [-0.4, -0.2) is 22.5 Å². The van der Waals surface area contributed by atoms with Crippen LogP contribution in [0.25, 0.3) is 0 Å². The summed E-state index contributed by atoms with van der Waals surface area (Å²) in [5, 5.41) is 3.25. The Labute approximate surface area is 138 Å². The summed E-state index contributed by atoms with van der Waals surface area (Å²) in [6.45, 7) is -0.626. The van der Waals surface area contributed by atoms with Crippen LogP contribution in [0.4, 0.5) is 17.6 Å². The lowest BCUT2D eigenvalue weighted by atomic mass is 10.1. The fraction of sp³-hybridized carbons (Fsp3) is 0.333. The van der Waals surface area contributed by atoms with Gasteiger partial charge >= 0.3 is 12.1 Å². The first-order chi connectivity index (χ1) is 11.8. The third kappa shape index (κ3) is 4.08. The van der Waals surface area contributed by atoms with Gasteiger partial charge in [0.05, 0.1) is 6.61 Å². The lowest BCUT2D eigenvalue weighted by Gasteiger charge is -2.20. The van der Waals surface area contributed by atoms with Crippen molar-refractivity contribution in [3.8, 4) is 5.75 Å². The van der Waals surface area contributed by atoms with E-state index < -0.39 is 30.2 Å². The van der Waals surface area contributed by atoms with Gasteiger partial charge < -0.3 is 14.2 Å². The molecule has 0 bridgehead atoms. The van der Waals surface area contributed by atoms with Gasteiger partial charge in [-0.2, -0.15) is 18.3 Å². The lowest BCUT2D eigenvalue weighted by molar-refractivity contribution is -0.147. The maximum atomic E-state index is 13.6. The molecular weight excluding hydrogens is 348 g/mol. The number of halogens is 4. The molecule has 1 aromatic carbocycles. The fourth-order valence-electron chi connectivity index (χ4n) is 2.30. The molecular formula is C15H12F4N2O4. The Hall–Kier alpha value is -2.62. The first-order valence-corrected chi connectivity index (χ1v) is 7.11. The fourth-order valence-corrected chi connectivity index (χ4v) is 2.30. The van der Waals surface area contributed by atoms with Gasteiger partial charge in [0.2, 0.25) is 0 Å². The maximum absolute atomic E-state index is 13.6. The third-order valence-electron chi connectivity index (χ3n) is 3.36. The zero-order chi connectivity index (χ0) is 18.0. The van der Waals surface area contributed by atoms with E-state index in [4.69, 9.17) is 14.2 Å². The van der Waals surface area contributed by atoms with Crippen molar-refractivity contribution in [1.82, 2.24) is 9.78 Å². The first kappa shape index (κ1) is 17.2. The first-order valence-electron chi connectivity index (χ1n) is 7.11. The summed E-state index contributed by atoms with van der Waals surface area (Å²) in [4.78, 5) is 11.8. The van der Waals surface area contributed by atoms with Crippen LogP contribution in [-0.2, 0) is 40.2 Å². The number of hydrogen-bond donors (Lipinski definition) is 0. The summed E-state index contributed by atoms with van der Waals surface area (Å²) < 4.78 is 67.0. The number of hydrogen-bond acceptors (Lipinski definition) is 5. The van der Waals surface area contributed by atoms with Crippen LogP contribution in [0.2, 0.25) is 0 Å². The number of esters is 1. The molecule has 0 saturated heterocycles. The Balaban J connectivity index is 1.63. The number of fused-ring (bicyclic) bond motifs is 1. The van der Waals surface area contributed by atoms with Crippen LogP contribution in [0.5, 0.6) is 5.75 Å². The largest absolute Gasteiger partial charge is 0.467 e. The number of carbonyl (C=O) groups excluding carboxylic acids is 1. The zero-order valence-electron chi connectivity index (χ0n) is 12.7. The van der Waals surface area contributed by atoms with E-state index in [9.17, 15) is 22.4 Å².